The SMILES string of the molecule is CCC(C#N)S(=O)(=O)NC(C)c1nc(C)cs1. The summed E-state index contributed by atoms with van der Waals surface area (Å²) in [4.78, 5) is 4.21. The van der Waals surface area contributed by atoms with Crippen molar-refractivity contribution in [2.75, 3.05) is 0 Å². The molecule has 2 unspecified atom stereocenters. The Kier molecular flexibility index (Phi) is 4.62. The van der Waals surface area contributed by atoms with Crippen LogP contribution in [0.1, 0.15) is 37.0 Å². The maximum absolute atomic E-state index is 11.8. The minimum absolute atomic E-state index is 0.273. The smallest absolute Gasteiger partial charge is 0.228 e. The van der Waals surface area contributed by atoms with E-state index in [1.165, 1.54) is 11.3 Å². The molecule has 1 heterocycles. The Hall–Kier alpha value is -0.970. The van der Waals surface area contributed by atoms with Gasteiger partial charge in [0.25, 0.3) is 0 Å². The lowest BCUT2D eigenvalue weighted by Gasteiger charge is -2.14. The van der Waals surface area contributed by atoms with Gasteiger partial charge in [-0.25, -0.2) is 18.1 Å². The standard InChI is InChI=1S/C10H15N3O2S2/c1-4-9(5-11)17(14,15)13-8(3)10-12-7(2)6-16-10/h6,8-9,13H,4H2,1-3H3. The molecule has 17 heavy (non-hydrogen) atoms. The number of rotatable bonds is 5. The van der Waals surface area contributed by atoms with E-state index in [0.29, 0.717) is 5.01 Å². The van der Waals surface area contributed by atoms with Crippen molar-refractivity contribution < 1.29 is 8.42 Å². The molecule has 1 N–H and O–H groups in total. The first kappa shape index (κ1) is 14.1. The summed E-state index contributed by atoms with van der Waals surface area (Å²) >= 11 is 1.40. The molecule has 0 aliphatic rings. The van der Waals surface area contributed by atoms with Gasteiger partial charge in [-0.05, 0) is 20.3 Å². The normalized spacial score (nSPS) is 15.2. The summed E-state index contributed by atoms with van der Waals surface area (Å²) in [7, 11) is -3.61. The molecule has 0 bridgehead atoms. The maximum Gasteiger partial charge on any atom is 0.228 e. The van der Waals surface area contributed by atoms with E-state index in [1.54, 1.807) is 19.9 Å². The number of sulfonamides is 1. The third-order valence-electron chi connectivity index (χ3n) is 2.24. The number of aromatic nitrogens is 1. The van der Waals surface area contributed by atoms with Crippen LogP contribution in [0, 0.1) is 18.3 Å². The van der Waals surface area contributed by atoms with Crippen LogP contribution in [0.25, 0.3) is 0 Å². The first-order valence-corrected chi connectivity index (χ1v) is 7.66. The number of thiazole rings is 1. The third-order valence-corrected chi connectivity index (χ3v) is 5.25. The quantitative estimate of drug-likeness (QED) is 0.885. The fourth-order valence-electron chi connectivity index (χ4n) is 1.33. The minimum Gasteiger partial charge on any atom is -0.245 e. The van der Waals surface area contributed by atoms with Gasteiger partial charge in [-0.1, -0.05) is 6.92 Å². The molecule has 0 saturated carbocycles. The Balaban J connectivity index is 2.82. The van der Waals surface area contributed by atoms with Crippen molar-refractivity contribution in [1.82, 2.24) is 9.71 Å². The Morgan fingerprint density at radius 3 is 2.71 bits per heavy atom. The van der Waals surface area contributed by atoms with E-state index in [2.05, 4.69) is 9.71 Å². The van der Waals surface area contributed by atoms with Gasteiger partial charge in [-0.3, -0.25) is 0 Å². The molecule has 7 heteroatoms. The highest BCUT2D eigenvalue weighted by Crippen LogP contribution is 2.19. The van der Waals surface area contributed by atoms with Crippen molar-refractivity contribution in [1.29, 1.82) is 5.26 Å². The molecule has 94 valence electrons. The summed E-state index contributed by atoms with van der Waals surface area (Å²) in [6.45, 7) is 5.25. The summed E-state index contributed by atoms with van der Waals surface area (Å²) in [6, 6.07) is 1.38. The zero-order chi connectivity index (χ0) is 13.1. The fourth-order valence-corrected chi connectivity index (χ4v) is 3.55. The molecular weight excluding hydrogens is 258 g/mol. The van der Waals surface area contributed by atoms with Gasteiger partial charge in [-0.15, -0.1) is 11.3 Å². The van der Waals surface area contributed by atoms with E-state index >= 15 is 0 Å². The highest BCUT2D eigenvalue weighted by atomic mass is 32.2. The van der Waals surface area contributed by atoms with Gasteiger partial charge in [0.1, 0.15) is 5.01 Å². The monoisotopic (exact) mass is 273 g/mol. The lowest BCUT2D eigenvalue weighted by molar-refractivity contribution is 0.557. The largest absolute Gasteiger partial charge is 0.245 e. The maximum atomic E-state index is 11.8. The van der Waals surface area contributed by atoms with Crippen molar-refractivity contribution in [2.45, 2.75) is 38.5 Å². The van der Waals surface area contributed by atoms with Gasteiger partial charge >= 0.3 is 0 Å². The summed E-state index contributed by atoms with van der Waals surface area (Å²) in [5.41, 5.74) is 0.864. The number of hydrogen-bond donors (Lipinski definition) is 1. The molecular formula is C10H15N3O2S2. The zero-order valence-electron chi connectivity index (χ0n) is 9.97. The van der Waals surface area contributed by atoms with Crippen LogP contribution in [0.3, 0.4) is 0 Å². The fraction of sp³-hybridized carbons (Fsp3) is 0.600. The number of nitriles is 1. The average Bonchev–Trinajstić information content (AvgIpc) is 2.65. The number of nitrogens with zero attached hydrogens (tertiary/aromatic N) is 2. The van der Waals surface area contributed by atoms with Crippen LogP contribution in [0.5, 0.6) is 0 Å². The average molecular weight is 273 g/mol. The van der Waals surface area contributed by atoms with Crippen molar-refractivity contribution in [3.63, 3.8) is 0 Å². The van der Waals surface area contributed by atoms with Crippen LogP contribution in [0.15, 0.2) is 5.38 Å². The van der Waals surface area contributed by atoms with Gasteiger partial charge in [0.2, 0.25) is 10.0 Å². The second-order valence-corrected chi connectivity index (χ2v) is 6.52. The van der Waals surface area contributed by atoms with Gasteiger partial charge in [-0.2, -0.15) is 5.26 Å². The van der Waals surface area contributed by atoms with Crippen LogP contribution in [-0.2, 0) is 10.0 Å². The van der Waals surface area contributed by atoms with E-state index in [1.807, 2.05) is 12.3 Å². The van der Waals surface area contributed by atoms with Gasteiger partial charge < -0.3 is 0 Å². The molecule has 5 nitrogen and oxygen atoms in total. The molecule has 0 amide bonds. The third kappa shape index (κ3) is 3.49. The lowest BCUT2D eigenvalue weighted by atomic mass is 10.4. The predicted molar refractivity (Wildman–Crippen MR) is 67.0 cm³/mol. The Morgan fingerprint density at radius 2 is 2.29 bits per heavy atom. The summed E-state index contributed by atoms with van der Waals surface area (Å²) in [5, 5.41) is 10.3. The lowest BCUT2D eigenvalue weighted by Crippen LogP contribution is -2.34. The van der Waals surface area contributed by atoms with Gasteiger partial charge in [0, 0.05) is 11.1 Å². The van der Waals surface area contributed by atoms with Crippen molar-refractivity contribution in [2.24, 2.45) is 0 Å². The van der Waals surface area contributed by atoms with Crippen LogP contribution in [0.4, 0.5) is 0 Å². The second-order valence-electron chi connectivity index (χ2n) is 3.74. The predicted octanol–water partition coefficient (Wildman–Crippen LogP) is 1.73. The molecule has 1 aromatic rings. The highest BCUT2D eigenvalue weighted by molar-refractivity contribution is 7.90. The number of hydrogen-bond acceptors (Lipinski definition) is 5. The summed E-state index contributed by atoms with van der Waals surface area (Å²) < 4.78 is 26.1. The summed E-state index contributed by atoms with van der Waals surface area (Å²) in [6.07, 6.45) is 0.273. The van der Waals surface area contributed by atoms with Gasteiger partial charge in [0.15, 0.2) is 5.25 Å². The van der Waals surface area contributed by atoms with E-state index in [9.17, 15) is 8.42 Å². The van der Waals surface area contributed by atoms with Crippen LogP contribution in [-0.4, -0.2) is 18.7 Å². The first-order chi connectivity index (χ1) is 7.90. The Bertz CT molecular complexity index is 516. The van der Waals surface area contributed by atoms with E-state index in [0.717, 1.165) is 5.69 Å². The zero-order valence-corrected chi connectivity index (χ0v) is 11.6. The van der Waals surface area contributed by atoms with Crippen molar-refractivity contribution in [3.05, 3.63) is 16.1 Å². The number of nitrogens with one attached hydrogen (secondary N) is 1. The van der Waals surface area contributed by atoms with Crippen molar-refractivity contribution in [3.8, 4) is 6.07 Å². The number of aryl methyl sites for hydroxylation is 1. The van der Waals surface area contributed by atoms with Crippen LogP contribution >= 0.6 is 11.3 Å². The highest BCUT2D eigenvalue weighted by Gasteiger charge is 2.26. The van der Waals surface area contributed by atoms with E-state index < -0.39 is 21.3 Å². The van der Waals surface area contributed by atoms with Crippen LogP contribution in [0.2, 0.25) is 0 Å². The van der Waals surface area contributed by atoms with Crippen LogP contribution < -0.4 is 4.72 Å². The van der Waals surface area contributed by atoms with Crippen molar-refractivity contribution >= 4 is 21.4 Å². The second kappa shape index (κ2) is 5.58. The molecule has 1 rings (SSSR count). The molecule has 2 atom stereocenters. The molecule has 0 aromatic carbocycles. The molecule has 0 aliphatic carbocycles. The molecule has 0 aliphatic heterocycles. The minimum atomic E-state index is -3.61. The Labute approximate surface area is 106 Å². The molecule has 0 fully saturated rings. The Morgan fingerprint density at radius 1 is 1.65 bits per heavy atom. The van der Waals surface area contributed by atoms with Gasteiger partial charge in [0.05, 0.1) is 12.1 Å². The molecule has 0 spiro atoms. The topological polar surface area (TPSA) is 82.8 Å². The van der Waals surface area contributed by atoms with E-state index in [4.69, 9.17) is 5.26 Å². The molecule has 1 aromatic heterocycles. The molecule has 0 radical (unpaired) electrons. The summed E-state index contributed by atoms with van der Waals surface area (Å²) in [5.74, 6) is 0. The first-order valence-electron chi connectivity index (χ1n) is 5.23. The van der Waals surface area contributed by atoms with E-state index in [-0.39, 0.29) is 6.42 Å². The molecule has 0 saturated heterocycles.